The van der Waals surface area contributed by atoms with Crippen molar-refractivity contribution in [1.82, 2.24) is 10.3 Å². The molecule has 3 nitrogen and oxygen atoms in total. The topological polar surface area (TPSA) is 34.2 Å². The van der Waals surface area contributed by atoms with Crippen LogP contribution in [0.4, 0.5) is 0 Å². The Morgan fingerprint density at radius 2 is 1.86 bits per heavy atom. The molecule has 0 amide bonds. The fourth-order valence-corrected chi connectivity index (χ4v) is 3.16. The van der Waals surface area contributed by atoms with E-state index in [-0.39, 0.29) is 0 Å². The molecule has 3 heteroatoms. The number of hydrogen-bond donors (Lipinski definition) is 1. The van der Waals surface area contributed by atoms with E-state index in [0.717, 1.165) is 36.6 Å². The SMILES string of the molecule is CNCc1cnc(OC2CCC(C)CC2)c2ccccc12. The van der Waals surface area contributed by atoms with Gasteiger partial charge in [0.25, 0.3) is 0 Å². The Bertz CT molecular complexity index is 603. The normalized spacial score (nSPS) is 22.4. The van der Waals surface area contributed by atoms with E-state index >= 15 is 0 Å². The van der Waals surface area contributed by atoms with Gasteiger partial charge in [-0.15, -0.1) is 0 Å². The van der Waals surface area contributed by atoms with Crippen LogP contribution >= 0.6 is 0 Å². The number of benzene rings is 1. The van der Waals surface area contributed by atoms with Gasteiger partial charge in [0.1, 0.15) is 6.10 Å². The molecule has 2 aromatic rings. The zero-order valence-electron chi connectivity index (χ0n) is 12.9. The molecule has 0 spiro atoms. The molecule has 0 unspecified atom stereocenters. The van der Waals surface area contributed by atoms with Crippen LogP contribution in [0.5, 0.6) is 5.88 Å². The molecule has 0 bridgehead atoms. The summed E-state index contributed by atoms with van der Waals surface area (Å²) in [4.78, 5) is 4.58. The first-order valence-electron chi connectivity index (χ1n) is 7.96. The molecule has 0 radical (unpaired) electrons. The maximum atomic E-state index is 6.22. The Morgan fingerprint density at radius 3 is 2.57 bits per heavy atom. The monoisotopic (exact) mass is 284 g/mol. The molecule has 0 atom stereocenters. The number of fused-ring (bicyclic) bond motifs is 1. The van der Waals surface area contributed by atoms with Crippen molar-refractivity contribution in [1.29, 1.82) is 0 Å². The summed E-state index contributed by atoms with van der Waals surface area (Å²) >= 11 is 0. The summed E-state index contributed by atoms with van der Waals surface area (Å²) in [6, 6.07) is 8.40. The van der Waals surface area contributed by atoms with E-state index in [0.29, 0.717) is 6.10 Å². The Labute approximate surface area is 126 Å². The van der Waals surface area contributed by atoms with Gasteiger partial charge in [-0.2, -0.15) is 0 Å². The van der Waals surface area contributed by atoms with E-state index in [1.165, 1.54) is 23.8 Å². The first kappa shape index (κ1) is 14.3. The molecule has 21 heavy (non-hydrogen) atoms. The van der Waals surface area contributed by atoms with Gasteiger partial charge in [-0.3, -0.25) is 0 Å². The molecule has 1 aromatic heterocycles. The molecule has 0 saturated heterocycles. The lowest BCUT2D eigenvalue weighted by atomic mass is 9.89. The Kier molecular flexibility index (Phi) is 4.39. The van der Waals surface area contributed by atoms with Crippen molar-refractivity contribution < 1.29 is 4.74 Å². The molecular weight excluding hydrogens is 260 g/mol. The third-order valence-corrected chi connectivity index (χ3v) is 4.45. The van der Waals surface area contributed by atoms with Crippen LogP contribution in [0.15, 0.2) is 30.5 Å². The zero-order valence-corrected chi connectivity index (χ0v) is 12.9. The van der Waals surface area contributed by atoms with Crippen molar-refractivity contribution in [2.45, 2.75) is 45.3 Å². The van der Waals surface area contributed by atoms with Crippen molar-refractivity contribution in [3.8, 4) is 5.88 Å². The largest absolute Gasteiger partial charge is 0.474 e. The standard InChI is InChI=1S/C18H24N2O/c1-13-7-9-15(10-8-13)21-18-17-6-4-3-5-16(17)14(11-19-2)12-20-18/h3-6,12-13,15,19H,7-11H2,1-2H3. The second kappa shape index (κ2) is 6.44. The summed E-state index contributed by atoms with van der Waals surface area (Å²) in [5.41, 5.74) is 1.22. The van der Waals surface area contributed by atoms with Gasteiger partial charge in [-0.25, -0.2) is 4.98 Å². The second-order valence-electron chi connectivity index (χ2n) is 6.16. The van der Waals surface area contributed by atoms with Crippen molar-refractivity contribution in [3.63, 3.8) is 0 Å². The molecule has 0 aliphatic heterocycles. The van der Waals surface area contributed by atoms with Crippen LogP contribution in [0.25, 0.3) is 10.8 Å². The highest BCUT2D eigenvalue weighted by Crippen LogP contribution is 2.31. The Morgan fingerprint density at radius 1 is 1.14 bits per heavy atom. The van der Waals surface area contributed by atoms with Gasteiger partial charge in [-0.1, -0.05) is 25.1 Å². The van der Waals surface area contributed by atoms with E-state index < -0.39 is 0 Å². The average Bonchev–Trinajstić information content (AvgIpc) is 2.52. The van der Waals surface area contributed by atoms with Crippen LogP contribution in [-0.4, -0.2) is 18.1 Å². The van der Waals surface area contributed by atoms with Gasteiger partial charge in [0, 0.05) is 18.1 Å². The highest BCUT2D eigenvalue weighted by atomic mass is 16.5. The second-order valence-corrected chi connectivity index (χ2v) is 6.16. The molecule has 1 fully saturated rings. The summed E-state index contributed by atoms with van der Waals surface area (Å²) in [7, 11) is 1.96. The van der Waals surface area contributed by atoms with E-state index in [2.05, 4.69) is 41.5 Å². The van der Waals surface area contributed by atoms with E-state index in [4.69, 9.17) is 4.74 Å². The number of nitrogens with one attached hydrogen (secondary N) is 1. The lowest BCUT2D eigenvalue weighted by Crippen LogP contribution is -2.23. The maximum absolute atomic E-state index is 6.22. The van der Waals surface area contributed by atoms with Gasteiger partial charge in [0.15, 0.2) is 0 Å². The zero-order chi connectivity index (χ0) is 14.7. The quantitative estimate of drug-likeness (QED) is 0.924. The predicted octanol–water partition coefficient (Wildman–Crippen LogP) is 3.91. The average molecular weight is 284 g/mol. The number of aromatic nitrogens is 1. The van der Waals surface area contributed by atoms with Crippen LogP contribution in [0, 0.1) is 5.92 Å². The fourth-order valence-electron chi connectivity index (χ4n) is 3.16. The lowest BCUT2D eigenvalue weighted by Gasteiger charge is -2.27. The number of ether oxygens (including phenoxy) is 1. The molecular formula is C18H24N2O. The van der Waals surface area contributed by atoms with Crippen LogP contribution in [0.2, 0.25) is 0 Å². The highest BCUT2D eigenvalue weighted by molar-refractivity contribution is 5.89. The first-order valence-corrected chi connectivity index (χ1v) is 7.96. The van der Waals surface area contributed by atoms with Crippen molar-refractivity contribution >= 4 is 10.8 Å². The van der Waals surface area contributed by atoms with Gasteiger partial charge in [0.05, 0.1) is 0 Å². The summed E-state index contributed by atoms with van der Waals surface area (Å²) in [5, 5.41) is 5.57. The third kappa shape index (κ3) is 3.18. The number of hydrogen-bond acceptors (Lipinski definition) is 3. The van der Waals surface area contributed by atoms with E-state index in [1.807, 2.05) is 13.2 Å². The van der Waals surface area contributed by atoms with Gasteiger partial charge in [0.2, 0.25) is 5.88 Å². The summed E-state index contributed by atoms with van der Waals surface area (Å²) in [5.74, 6) is 1.64. The van der Waals surface area contributed by atoms with Gasteiger partial charge < -0.3 is 10.1 Å². The molecule has 1 N–H and O–H groups in total. The van der Waals surface area contributed by atoms with Gasteiger partial charge >= 0.3 is 0 Å². The molecule has 1 saturated carbocycles. The fraction of sp³-hybridized carbons (Fsp3) is 0.500. The summed E-state index contributed by atoms with van der Waals surface area (Å²) < 4.78 is 6.22. The molecule has 1 aliphatic rings. The Balaban J connectivity index is 1.87. The van der Waals surface area contributed by atoms with Crippen LogP contribution < -0.4 is 10.1 Å². The third-order valence-electron chi connectivity index (χ3n) is 4.45. The Hall–Kier alpha value is -1.61. The van der Waals surface area contributed by atoms with Crippen LogP contribution in [0.1, 0.15) is 38.2 Å². The van der Waals surface area contributed by atoms with Crippen LogP contribution in [-0.2, 0) is 6.54 Å². The number of pyridine rings is 1. The molecule has 112 valence electrons. The highest BCUT2D eigenvalue weighted by Gasteiger charge is 2.21. The summed E-state index contributed by atoms with van der Waals surface area (Å²) in [6.45, 7) is 3.16. The van der Waals surface area contributed by atoms with Gasteiger partial charge in [-0.05, 0) is 55.7 Å². The predicted molar refractivity (Wildman–Crippen MR) is 86.6 cm³/mol. The minimum atomic E-state index is 0.326. The molecule has 1 aliphatic carbocycles. The van der Waals surface area contributed by atoms with E-state index in [1.54, 1.807) is 0 Å². The minimum absolute atomic E-state index is 0.326. The number of nitrogens with zero attached hydrogens (tertiary/aromatic N) is 1. The maximum Gasteiger partial charge on any atom is 0.221 e. The summed E-state index contributed by atoms with van der Waals surface area (Å²) in [6.07, 6.45) is 7.10. The molecule has 1 aromatic carbocycles. The molecule has 1 heterocycles. The smallest absolute Gasteiger partial charge is 0.221 e. The van der Waals surface area contributed by atoms with Crippen molar-refractivity contribution in [2.75, 3.05) is 7.05 Å². The van der Waals surface area contributed by atoms with Crippen molar-refractivity contribution in [2.24, 2.45) is 5.92 Å². The minimum Gasteiger partial charge on any atom is -0.474 e. The van der Waals surface area contributed by atoms with E-state index in [9.17, 15) is 0 Å². The van der Waals surface area contributed by atoms with Crippen molar-refractivity contribution in [3.05, 3.63) is 36.0 Å². The van der Waals surface area contributed by atoms with Crippen LogP contribution in [0.3, 0.4) is 0 Å². The number of rotatable bonds is 4. The molecule has 3 rings (SSSR count). The first-order chi connectivity index (χ1) is 10.3. The lowest BCUT2D eigenvalue weighted by molar-refractivity contribution is 0.132.